The molecule has 2 aromatic carbocycles. The van der Waals surface area contributed by atoms with E-state index in [4.69, 9.17) is 14.2 Å². The molecule has 0 radical (unpaired) electrons. The number of hydrogen-bond acceptors (Lipinski definition) is 6. The second kappa shape index (κ2) is 7.74. The number of nitrogens with one attached hydrogen (secondary N) is 1. The minimum absolute atomic E-state index is 0.552. The van der Waals surface area contributed by atoms with E-state index in [9.17, 15) is 0 Å². The number of hydrazone groups is 1. The van der Waals surface area contributed by atoms with E-state index in [2.05, 4.69) is 15.5 Å². The number of aryl methyl sites for hydroxylation is 1. The van der Waals surface area contributed by atoms with Crippen LogP contribution in [0.1, 0.15) is 11.3 Å². The second-order valence-electron chi connectivity index (χ2n) is 5.66. The van der Waals surface area contributed by atoms with Crippen molar-refractivity contribution < 1.29 is 14.2 Å². The van der Waals surface area contributed by atoms with Crippen LogP contribution in [0.4, 0.5) is 5.69 Å². The summed E-state index contributed by atoms with van der Waals surface area (Å²) in [6, 6.07) is 13.6. The largest absolute Gasteiger partial charge is 0.493 e. The Morgan fingerprint density at radius 1 is 0.962 bits per heavy atom. The summed E-state index contributed by atoms with van der Waals surface area (Å²) in [7, 11) is 4.75. The zero-order valence-corrected chi connectivity index (χ0v) is 15.2. The van der Waals surface area contributed by atoms with Gasteiger partial charge >= 0.3 is 0 Å². The summed E-state index contributed by atoms with van der Waals surface area (Å²) in [4.78, 5) is 4.53. The molecule has 1 N–H and O–H groups in total. The third-order valence-electron chi connectivity index (χ3n) is 3.93. The molecular formula is C20H21N3O3. The van der Waals surface area contributed by atoms with Crippen molar-refractivity contribution in [2.45, 2.75) is 6.92 Å². The number of nitrogens with zero attached hydrogens (tertiary/aromatic N) is 2. The van der Waals surface area contributed by atoms with Gasteiger partial charge in [0.05, 0.1) is 38.7 Å². The maximum atomic E-state index is 5.36. The maximum absolute atomic E-state index is 5.36. The van der Waals surface area contributed by atoms with E-state index in [1.807, 2.05) is 49.4 Å². The summed E-state index contributed by atoms with van der Waals surface area (Å²) in [5.74, 6) is 1.72. The number of ether oxygens (including phenoxy) is 3. The van der Waals surface area contributed by atoms with Crippen molar-refractivity contribution in [3.05, 3.63) is 53.7 Å². The van der Waals surface area contributed by atoms with Gasteiger partial charge in [0.1, 0.15) is 0 Å². The molecule has 0 bridgehead atoms. The summed E-state index contributed by atoms with van der Waals surface area (Å²) < 4.78 is 16.1. The monoisotopic (exact) mass is 351 g/mol. The fourth-order valence-corrected chi connectivity index (χ4v) is 2.75. The van der Waals surface area contributed by atoms with Crippen LogP contribution >= 0.6 is 0 Å². The summed E-state index contributed by atoms with van der Waals surface area (Å²) >= 11 is 0. The van der Waals surface area contributed by atoms with Crippen LogP contribution in [0, 0.1) is 6.92 Å². The molecule has 6 heteroatoms. The lowest BCUT2D eigenvalue weighted by atomic mass is 10.1. The molecule has 0 aliphatic heterocycles. The van der Waals surface area contributed by atoms with Crippen LogP contribution in [0.25, 0.3) is 10.9 Å². The first-order valence-electron chi connectivity index (χ1n) is 8.11. The number of hydrogen-bond donors (Lipinski definition) is 1. The predicted octanol–water partition coefficient (Wildman–Crippen LogP) is 4.02. The van der Waals surface area contributed by atoms with Crippen LogP contribution in [-0.4, -0.2) is 32.5 Å². The van der Waals surface area contributed by atoms with E-state index in [1.165, 1.54) is 0 Å². The molecule has 0 unspecified atom stereocenters. The van der Waals surface area contributed by atoms with E-state index in [0.29, 0.717) is 17.2 Å². The molecule has 0 fully saturated rings. The van der Waals surface area contributed by atoms with Gasteiger partial charge in [-0.2, -0.15) is 5.10 Å². The third kappa shape index (κ3) is 3.54. The van der Waals surface area contributed by atoms with E-state index >= 15 is 0 Å². The number of rotatable bonds is 6. The SMILES string of the molecule is COc1cc(C=NNc2cc(C)nc3ccccc23)cc(OC)c1OC. The normalized spacial score (nSPS) is 10.9. The molecule has 0 aliphatic carbocycles. The Labute approximate surface area is 152 Å². The van der Waals surface area contributed by atoms with Crippen LogP contribution in [0.2, 0.25) is 0 Å². The first-order chi connectivity index (χ1) is 12.7. The van der Waals surface area contributed by atoms with Gasteiger partial charge in [0, 0.05) is 16.6 Å². The summed E-state index contributed by atoms with van der Waals surface area (Å²) in [5.41, 5.74) is 6.67. The van der Waals surface area contributed by atoms with Gasteiger partial charge in [0.15, 0.2) is 11.5 Å². The molecular weight excluding hydrogens is 330 g/mol. The highest BCUT2D eigenvalue weighted by Gasteiger charge is 2.12. The molecule has 6 nitrogen and oxygen atoms in total. The Morgan fingerprint density at radius 2 is 1.65 bits per heavy atom. The fourth-order valence-electron chi connectivity index (χ4n) is 2.75. The lowest BCUT2D eigenvalue weighted by Crippen LogP contribution is -1.98. The number of para-hydroxylation sites is 1. The van der Waals surface area contributed by atoms with Crippen molar-refractivity contribution in [1.29, 1.82) is 0 Å². The highest BCUT2D eigenvalue weighted by atomic mass is 16.5. The zero-order valence-electron chi connectivity index (χ0n) is 15.2. The Morgan fingerprint density at radius 3 is 2.31 bits per heavy atom. The van der Waals surface area contributed by atoms with Crippen molar-refractivity contribution in [1.82, 2.24) is 4.98 Å². The van der Waals surface area contributed by atoms with Crippen LogP contribution in [-0.2, 0) is 0 Å². The zero-order chi connectivity index (χ0) is 18.5. The minimum atomic E-state index is 0.552. The number of anilines is 1. The average molecular weight is 351 g/mol. The van der Waals surface area contributed by atoms with Crippen molar-refractivity contribution in [2.24, 2.45) is 5.10 Å². The van der Waals surface area contributed by atoms with E-state index in [1.54, 1.807) is 27.5 Å². The number of fused-ring (bicyclic) bond motifs is 1. The lowest BCUT2D eigenvalue weighted by molar-refractivity contribution is 0.324. The fraction of sp³-hybridized carbons (Fsp3) is 0.200. The van der Waals surface area contributed by atoms with Gasteiger partial charge in [0.25, 0.3) is 0 Å². The molecule has 3 aromatic rings. The second-order valence-corrected chi connectivity index (χ2v) is 5.66. The van der Waals surface area contributed by atoms with Gasteiger partial charge in [-0.25, -0.2) is 0 Å². The first kappa shape index (κ1) is 17.5. The molecule has 0 atom stereocenters. The van der Waals surface area contributed by atoms with Crippen molar-refractivity contribution >= 4 is 22.8 Å². The summed E-state index contributed by atoms with van der Waals surface area (Å²) in [6.45, 7) is 1.96. The number of aromatic nitrogens is 1. The van der Waals surface area contributed by atoms with Gasteiger partial charge in [-0.05, 0) is 31.2 Å². The third-order valence-corrected chi connectivity index (χ3v) is 3.93. The smallest absolute Gasteiger partial charge is 0.203 e. The van der Waals surface area contributed by atoms with E-state index < -0.39 is 0 Å². The molecule has 0 spiro atoms. The van der Waals surface area contributed by atoms with Crippen LogP contribution in [0.5, 0.6) is 17.2 Å². The van der Waals surface area contributed by atoms with E-state index in [-0.39, 0.29) is 0 Å². The molecule has 26 heavy (non-hydrogen) atoms. The minimum Gasteiger partial charge on any atom is -0.493 e. The van der Waals surface area contributed by atoms with Crippen molar-refractivity contribution in [2.75, 3.05) is 26.8 Å². The van der Waals surface area contributed by atoms with Crippen LogP contribution in [0.3, 0.4) is 0 Å². The number of benzene rings is 2. The van der Waals surface area contributed by atoms with Crippen molar-refractivity contribution in [3.63, 3.8) is 0 Å². The van der Waals surface area contributed by atoms with Gasteiger partial charge in [0.2, 0.25) is 5.75 Å². The Balaban J connectivity index is 1.90. The average Bonchev–Trinajstić information content (AvgIpc) is 2.66. The molecule has 134 valence electrons. The topological polar surface area (TPSA) is 65.0 Å². The highest BCUT2D eigenvalue weighted by Crippen LogP contribution is 2.37. The Kier molecular flexibility index (Phi) is 5.22. The van der Waals surface area contributed by atoms with Gasteiger partial charge in [-0.15, -0.1) is 0 Å². The van der Waals surface area contributed by atoms with Crippen LogP contribution < -0.4 is 19.6 Å². The van der Waals surface area contributed by atoms with Gasteiger partial charge < -0.3 is 14.2 Å². The number of methoxy groups -OCH3 is 3. The molecule has 0 aliphatic rings. The van der Waals surface area contributed by atoms with Crippen molar-refractivity contribution in [3.8, 4) is 17.2 Å². The molecule has 1 aromatic heterocycles. The molecule has 0 saturated carbocycles. The Bertz CT molecular complexity index is 929. The maximum Gasteiger partial charge on any atom is 0.203 e. The molecule has 1 heterocycles. The summed E-state index contributed by atoms with van der Waals surface area (Å²) in [6.07, 6.45) is 1.70. The first-order valence-corrected chi connectivity index (χ1v) is 8.11. The van der Waals surface area contributed by atoms with Gasteiger partial charge in [-0.3, -0.25) is 10.4 Å². The van der Waals surface area contributed by atoms with E-state index in [0.717, 1.165) is 27.8 Å². The van der Waals surface area contributed by atoms with Gasteiger partial charge in [-0.1, -0.05) is 18.2 Å². The lowest BCUT2D eigenvalue weighted by Gasteiger charge is -2.12. The summed E-state index contributed by atoms with van der Waals surface area (Å²) in [5, 5.41) is 5.37. The van der Waals surface area contributed by atoms with Crippen LogP contribution in [0.15, 0.2) is 47.6 Å². The number of pyridine rings is 1. The standard InChI is InChI=1S/C20H21N3O3/c1-13-9-17(15-7-5-6-8-16(15)22-13)23-21-12-14-10-18(24-2)20(26-4)19(11-14)25-3/h5-12H,1-4H3,(H,22,23). The Hall–Kier alpha value is -3.28. The quantitative estimate of drug-likeness (QED) is 0.537. The molecule has 0 amide bonds. The predicted molar refractivity (Wildman–Crippen MR) is 104 cm³/mol. The highest BCUT2D eigenvalue weighted by molar-refractivity contribution is 5.92. The molecule has 3 rings (SSSR count). The molecule has 0 saturated heterocycles.